The number of carboxylic acids is 2. The van der Waals surface area contributed by atoms with E-state index in [1.54, 1.807) is 18.2 Å². The SMILES string of the molecule is COc1ccc(OC)c(C(O)CNC(=O)CN)c1.O=C(O)C(O)C(O)C(=O)O. The van der Waals surface area contributed by atoms with Crippen LogP contribution in [0.25, 0.3) is 0 Å². The highest BCUT2D eigenvalue weighted by molar-refractivity contribution is 5.83. The van der Waals surface area contributed by atoms with Gasteiger partial charge in [-0.15, -0.1) is 0 Å². The second-order valence-corrected chi connectivity index (χ2v) is 5.20. The third-order valence-corrected chi connectivity index (χ3v) is 3.28. The lowest BCUT2D eigenvalue weighted by molar-refractivity contribution is -0.165. The number of benzene rings is 1. The van der Waals surface area contributed by atoms with Gasteiger partial charge < -0.3 is 46.1 Å². The number of nitrogens with two attached hydrogens (primary N) is 1. The summed E-state index contributed by atoms with van der Waals surface area (Å²) in [7, 11) is 3.05. The fourth-order valence-corrected chi connectivity index (χ4v) is 1.76. The van der Waals surface area contributed by atoms with Gasteiger partial charge in [0.2, 0.25) is 5.91 Å². The number of aliphatic carboxylic acids is 2. The molecule has 0 heterocycles. The van der Waals surface area contributed by atoms with Crippen molar-refractivity contribution in [3.05, 3.63) is 23.8 Å². The smallest absolute Gasteiger partial charge is 0.335 e. The summed E-state index contributed by atoms with van der Waals surface area (Å²) in [6.07, 6.45) is -5.42. The zero-order valence-corrected chi connectivity index (χ0v) is 15.2. The summed E-state index contributed by atoms with van der Waals surface area (Å²) in [6.45, 7) is -0.0402. The number of hydrogen-bond donors (Lipinski definition) is 7. The molecule has 1 rings (SSSR count). The van der Waals surface area contributed by atoms with Crippen molar-refractivity contribution in [3.63, 3.8) is 0 Å². The van der Waals surface area contributed by atoms with E-state index in [0.717, 1.165) is 0 Å². The molecule has 1 amide bonds. The number of methoxy groups -OCH3 is 2. The summed E-state index contributed by atoms with van der Waals surface area (Å²) in [5, 5.41) is 45.0. The molecular formula is C16H24N2O10. The molecule has 0 aromatic heterocycles. The Morgan fingerprint density at radius 2 is 1.57 bits per heavy atom. The standard InChI is InChI=1S/C12H18N2O4.C4H6O6/c1-17-8-3-4-11(18-2)9(5-8)10(15)7-14-12(16)6-13;5-1(3(7)8)2(6)4(9)10/h3-5,10,15H,6-7,13H2,1-2H3,(H,14,16);1-2,5-6H,(H,7,8)(H,9,10). The number of aliphatic hydroxyl groups is 3. The van der Waals surface area contributed by atoms with E-state index in [1.807, 2.05) is 0 Å². The van der Waals surface area contributed by atoms with Gasteiger partial charge in [0.15, 0.2) is 12.2 Å². The van der Waals surface area contributed by atoms with Crippen LogP contribution in [0.3, 0.4) is 0 Å². The van der Waals surface area contributed by atoms with Crippen LogP contribution >= 0.6 is 0 Å². The van der Waals surface area contributed by atoms with E-state index in [1.165, 1.54) is 14.2 Å². The lowest BCUT2D eigenvalue weighted by Gasteiger charge is -2.16. The molecule has 8 N–H and O–H groups in total. The summed E-state index contributed by atoms with van der Waals surface area (Å²) in [4.78, 5) is 30.6. The minimum atomic E-state index is -2.27. The summed E-state index contributed by atoms with van der Waals surface area (Å²) in [5.41, 5.74) is 5.71. The first kappa shape index (κ1) is 25.1. The maximum atomic E-state index is 11.0. The fraction of sp³-hybridized carbons (Fsp3) is 0.438. The van der Waals surface area contributed by atoms with Gasteiger partial charge in [0.25, 0.3) is 0 Å². The third kappa shape index (κ3) is 8.18. The average molecular weight is 404 g/mol. The number of nitrogens with one attached hydrogen (secondary N) is 1. The van der Waals surface area contributed by atoms with Crippen molar-refractivity contribution < 1.29 is 49.4 Å². The predicted octanol–water partition coefficient (Wildman–Crippen LogP) is -2.31. The molecule has 12 nitrogen and oxygen atoms in total. The van der Waals surface area contributed by atoms with Crippen LogP contribution in [0.1, 0.15) is 11.7 Å². The summed E-state index contributed by atoms with van der Waals surface area (Å²) in [6, 6.07) is 5.09. The molecule has 0 saturated carbocycles. The maximum absolute atomic E-state index is 11.0. The molecule has 0 spiro atoms. The maximum Gasteiger partial charge on any atom is 0.335 e. The topological polar surface area (TPSA) is 209 Å². The van der Waals surface area contributed by atoms with Gasteiger partial charge >= 0.3 is 11.9 Å². The summed E-state index contributed by atoms with van der Waals surface area (Å²) in [5.74, 6) is -2.72. The summed E-state index contributed by atoms with van der Waals surface area (Å²) < 4.78 is 10.2. The lowest BCUT2D eigenvalue weighted by Crippen LogP contribution is -2.39. The van der Waals surface area contributed by atoms with Crippen LogP contribution < -0.4 is 20.5 Å². The van der Waals surface area contributed by atoms with Crippen molar-refractivity contribution in [1.82, 2.24) is 5.32 Å². The van der Waals surface area contributed by atoms with E-state index in [9.17, 15) is 19.5 Å². The van der Waals surface area contributed by atoms with Gasteiger partial charge in [0.05, 0.1) is 26.9 Å². The van der Waals surface area contributed by atoms with Crippen molar-refractivity contribution in [2.45, 2.75) is 18.3 Å². The predicted molar refractivity (Wildman–Crippen MR) is 93.9 cm³/mol. The van der Waals surface area contributed by atoms with Crippen molar-refractivity contribution in [3.8, 4) is 11.5 Å². The number of carboxylic acid groups (broad SMARTS) is 2. The molecule has 0 bridgehead atoms. The number of rotatable bonds is 9. The monoisotopic (exact) mass is 404 g/mol. The Morgan fingerprint density at radius 3 is 1.96 bits per heavy atom. The first-order chi connectivity index (χ1) is 13.1. The van der Waals surface area contributed by atoms with Gasteiger partial charge in [-0.1, -0.05) is 0 Å². The Kier molecular flexibility index (Phi) is 11.2. The van der Waals surface area contributed by atoms with E-state index in [4.69, 9.17) is 35.6 Å². The van der Waals surface area contributed by atoms with Crippen LogP contribution in [-0.4, -0.2) is 82.9 Å². The van der Waals surface area contributed by atoms with Gasteiger partial charge in [-0.2, -0.15) is 0 Å². The fourth-order valence-electron chi connectivity index (χ4n) is 1.76. The molecular weight excluding hydrogens is 380 g/mol. The molecule has 0 fully saturated rings. The molecule has 0 aliphatic rings. The van der Waals surface area contributed by atoms with E-state index >= 15 is 0 Å². The van der Waals surface area contributed by atoms with Crippen molar-refractivity contribution >= 4 is 17.8 Å². The molecule has 12 heteroatoms. The van der Waals surface area contributed by atoms with Gasteiger partial charge in [-0.05, 0) is 18.2 Å². The Balaban J connectivity index is 0.000000621. The highest BCUT2D eigenvalue weighted by atomic mass is 16.5. The van der Waals surface area contributed by atoms with Gasteiger partial charge in [0.1, 0.15) is 11.5 Å². The van der Waals surface area contributed by atoms with Crippen molar-refractivity contribution in [2.75, 3.05) is 27.3 Å². The largest absolute Gasteiger partial charge is 0.497 e. The molecule has 28 heavy (non-hydrogen) atoms. The number of carbonyl (C=O) groups is 3. The van der Waals surface area contributed by atoms with Gasteiger partial charge in [0, 0.05) is 12.1 Å². The number of carbonyl (C=O) groups excluding carboxylic acids is 1. The third-order valence-electron chi connectivity index (χ3n) is 3.28. The first-order valence-electron chi connectivity index (χ1n) is 7.77. The Morgan fingerprint density at radius 1 is 1.04 bits per heavy atom. The van der Waals surface area contributed by atoms with Crippen LogP contribution in [0.5, 0.6) is 11.5 Å². The number of aliphatic hydroxyl groups excluding tert-OH is 3. The van der Waals surface area contributed by atoms with E-state index < -0.39 is 30.3 Å². The molecule has 0 aliphatic carbocycles. The van der Waals surface area contributed by atoms with Crippen LogP contribution in [0.2, 0.25) is 0 Å². The van der Waals surface area contributed by atoms with Crippen molar-refractivity contribution in [2.24, 2.45) is 5.73 Å². The first-order valence-corrected chi connectivity index (χ1v) is 7.77. The van der Waals surface area contributed by atoms with Crippen LogP contribution in [0.15, 0.2) is 18.2 Å². The molecule has 3 atom stereocenters. The molecule has 0 saturated heterocycles. The van der Waals surface area contributed by atoms with E-state index in [-0.39, 0.29) is 19.0 Å². The average Bonchev–Trinajstić information content (AvgIpc) is 2.70. The molecule has 3 unspecified atom stereocenters. The second kappa shape index (κ2) is 12.5. The quantitative estimate of drug-likeness (QED) is 0.232. The van der Waals surface area contributed by atoms with Crippen LogP contribution in [0, 0.1) is 0 Å². The minimum Gasteiger partial charge on any atom is -0.497 e. The van der Waals surface area contributed by atoms with Crippen molar-refractivity contribution in [1.29, 1.82) is 0 Å². The zero-order valence-electron chi connectivity index (χ0n) is 15.2. The second-order valence-electron chi connectivity index (χ2n) is 5.20. The van der Waals surface area contributed by atoms with Gasteiger partial charge in [-0.25, -0.2) is 9.59 Å². The number of amides is 1. The van der Waals surface area contributed by atoms with E-state index in [2.05, 4.69) is 5.32 Å². The zero-order chi connectivity index (χ0) is 21.9. The summed E-state index contributed by atoms with van der Waals surface area (Å²) >= 11 is 0. The highest BCUT2D eigenvalue weighted by Crippen LogP contribution is 2.28. The number of hydrogen-bond acceptors (Lipinski definition) is 9. The Bertz CT molecular complexity index is 649. The minimum absolute atomic E-state index is 0.0690. The van der Waals surface area contributed by atoms with Crippen LogP contribution in [-0.2, 0) is 14.4 Å². The van der Waals surface area contributed by atoms with Crippen LogP contribution in [0.4, 0.5) is 0 Å². The molecule has 0 aliphatic heterocycles. The molecule has 1 aromatic carbocycles. The van der Waals surface area contributed by atoms with Gasteiger partial charge in [-0.3, -0.25) is 4.79 Å². The molecule has 158 valence electrons. The van der Waals surface area contributed by atoms with E-state index in [0.29, 0.717) is 17.1 Å². The highest BCUT2D eigenvalue weighted by Gasteiger charge is 2.29. The number of ether oxygens (including phenoxy) is 2. The normalized spacial score (nSPS) is 13.2. The molecule has 0 radical (unpaired) electrons. The lowest BCUT2D eigenvalue weighted by atomic mass is 10.1. The molecule has 1 aromatic rings. The Hall–Kier alpha value is -2.93. The Labute approximate surface area is 160 Å².